The number of aryl methyl sites for hydroxylation is 2. The van der Waals surface area contributed by atoms with E-state index in [1.54, 1.807) is 24.3 Å². The number of aromatic nitrogens is 1. The Morgan fingerprint density at radius 2 is 1.79 bits per heavy atom. The van der Waals surface area contributed by atoms with Crippen molar-refractivity contribution < 1.29 is 14.6 Å². The molecule has 2 N–H and O–H groups in total. The maximum Gasteiger partial charge on any atom is 0.271 e. The van der Waals surface area contributed by atoms with Crippen molar-refractivity contribution in [2.24, 2.45) is 5.10 Å². The highest BCUT2D eigenvalue weighted by Gasteiger charge is 2.07. The SMILES string of the molecule is CCOc1cc(/C=N/NC(=O)c2ccc(-n3c(C)ccc3C)cc2)ccc1O. The van der Waals surface area contributed by atoms with E-state index in [-0.39, 0.29) is 11.7 Å². The smallest absolute Gasteiger partial charge is 0.271 e. The monoisotopic (exact) mass is 377 g/mol. The summed E-state index contributed by atoms with van der Waals surface area (Å²) in [5.41, 5.74) is 7.02. The second-order valence-electron chi connectivity index (χ2n) is 6.36. The van der Waals surface area contributed by atoms with E-state index in [0.29, 0.717) is 23.5 Å². The Morgan fingerprint density at radius 3 is 2.43 bits per heavy atom. The van der Waals surface area contributed by atoms with Crippen molar-refractivity contribution in [3.63, 3.8) is 0 Å². The molecule has 0 radical (unpaired) electrons. The number of carbonyl (C=O) groups excluding carboxylic acids is 1. The van der Waals surface area contributed by atoms with Crippen LogP contribution in [0.25, 0.3) is 5.69 Å². The topological polar surface area (TPSA) is 75.8 Å². The lowest BCUT2D eigenvalue weighted by Crippen LogP contribution is -2.17. The molecule has 0 fully saturated rings. The Balaban J connectivity index is 1.67. The lowest BCUT2D eigenvalue weighted by molar-refractivity contribution is 0.0955. The highest BCUT2D eigenvalue weighted by atomic mass is 16.5. The number of nitrogens with one attached hydrogen (secondary N) is 1. The average molecular weight is 377 g/mol. The van der Waals surface area contributed by atoms with Gasteiger partial charge in [0.1, 0.15) is 0 Å². The molecule has 144 valence electrons. The molecule has 28 heavy (non-hydrogen) atoms. The summed E-state index contributed by atoms with van der Waals surface area (Å²) in [6.45, 7) is 6.37. The van der Waals surface area contributed by atoms with Crippen molar-refractivity contribution in [1.82, 2.24) is 9.99 Å². The van der Waals surface area contributed by atoms with Gasteiger partial charge in [-0.3, -0.25) is 4.79 Å². The second kappa shape index (κ2) is 8.43. The highest BCUT2D eigenvalue weighted by molar-refractivity contribution is 5.95. The molecule has 3 rings (SSSR count). The molecule has 6 nitrogen and oxygen atoms in total. The van der Waals surface area contributed by atoms with E-state index in [9.17, 15) is 9.90 Å². The maximum absolute atomic E-state index is 12.3. The predicted octanol–water partition coefficient (Wildman–Crippen LogP) is 3.96. The first-order valence-corrected chi connectivity index (χ1v) is 9.04. The number of rotatable bonds is 6. The molecule has 1 amide bonds. The van der Waals surface area contributed by atoms with E-state index >= 15 is 0 Å². The fourth-order valence-corrected chi connectivity index (χ4v) is 2.95. The number of aromatic hydroxyl groups is 1. The van der Waals surface area contributed by atoms with Crippen LogP contribution in [0.2, 0.25) is 0 Å². The normalized spacial score (nSPS) is 11.0. The van der Waals surface area contributed by atoms with Crippen LogP contribution in [0.5, 0.6) is 11.5 Å². The van der Waals surface area contributed by atoms with Crippen molar-refractivity contribution in [2.75, 3.05) is 6.61 Å². The molecule has 0 saturated carbocycles. The van der Waals surface area contributed by atoms with Crippen LogP contribution in [0.3, 0.4) is 0 Å². The number of hydrazone groups is 1. The number of phenolic OH excluding ortho intramolecular Hbond substituents is 1. The largest absolute Gasteiger partial charge is 0.504 e. The van der Waals surface area contributed by atoms with Gasteiger partial charge in [-0.1, -0.05) is 0 Å². The number of carbonyl (C=O) groups is 1. The molecular weight excluding hydrogens is 354 g/mol. The maximum atomic E-state index is 12.3. The Labute approximate surface area is 164 Å². The van der Waals surface area contributed by atoms with Crippen LogP contribution in [0.1, 0.15) is 34.2 Å². The van der Waals surface area contributed by atoms with Gasteiger partial charge in [0.05, 0.1) is 12.8 Å². The second-order valence-corrected chi connectivity index (χ2v) is 6.36. The third-order valence-corrected chi connectivity index (χ3v) is 4.32. The summed E-state index contributed by atoms with van der Waals surface area (Å²) in [7, 11) is 0. The van der Waals surface area contributed by atoms with Crippen LogP contribution < -0.4 is 10.2 Å². The Hall–Kier alpha value is -3.54. The number of phenols is 1. The van der Waals surface area contributed by atoms with E-state index in [1.165, 1.54) is 12.3 Å². The van der Waals surface area contributed by atoms with Crippen molar-refractivity contribution >= 4 is 12.1 Å². The fraction of sp³-hybridized carbons (Fsp3) is 0.182. The van der Waals surface area contributed by atoms with Gasteiger partial charge < -0.3 is 14.4 Å². The number of hydrogen-bond donors (Lipinski definition) is 2. The summed E-state index contributed by atoms with van der Waals surface area (Å²) in [5, 5.41) is 13.7. The minimum atomic E-state index is -0.299. The van der Waals surface area contributed by atoms with Gasteiger partial charge in [0.25, 0.3) is 5.91 Å². The van der Waals surface area contributed by atoms with Crippen LogP contribution in [0.4, 0.5) is 0 Å². The molecule has 6 heteroatoms. The molecule has 0 aliphatic heterocycles. The molecule has 1 aromatic heterocycles. The van der Waals surface area contributed by atoms with Crippen molar-refractivity contribution in [3.8, 4) is 17.2 Å². The minimum Gasteiger partial charge on any atom is -0.504 e. The summed E-state index contributed by atoms with van der Waals surface area (Å²) >= 11 is 0. The standard InChI is InChI=1S/C22H23N3O3/c1-4-28-21-13-17(7-12-20(21)26)14-23-24-22(27)18-8-10-19(11-9-18)25-15(2)5-6-16(25)3/h5-14,26H,4H2,1-3H3,(H,24,27)/b23-14+. The first kappa shape index (κ1) is 19.2. The molecule has 0 atom stereocenters. The number of ether oxygens (including phenoxy) is 1. The molecule has 0 bridgehead atoms. The van der Waals surface area contributed by atoms with E-state index in [0.717, 1.165) is 17.1 Å². The molecule has 0 spiro atoms. The number of amides is 1. The third kappa shape index (κ3) is 4.23. The zero-order valence-corrected chi connectivity index (χ0v) is 16.1. The summed E-state index contributed by atoms with van der Waals surface area (Å²) in [6, 6.07) is 16.3. The van der Waals surface area contributed by atoms with E-state index < -0.39 is 0 Å². The number of nitrogens with zero attached hydrogens (tertiary/aromatic N) is 2. The van der Waals surface area contributed by atoms with Crippen LogP contribution in [0, 0.1) is 13.8 Å². The van der Waals surface area contributed by atoms with E-state index in [1.807, 2.05) is 32.9 Å². The van der Waals surface area contributed by atoms with Gasteiger partial charge in [-0.15, -0.1) is 0 Å². The highest BCUT2D eigenvalue weighted by Crippen LogP contribution is 2.26. The zero-order valence-electron chi connectivity index (χ0n) is 16.1. The summed E-state index contributed by atoms with van der Waals surface area (Å²) in [4.78, 5) is 12.3. The average Bonchev–Trinajstić information content (AvgIpc) is 3.03. The molecule has 1 heterocycles. The van der Waals surface area contributed by atoms with Gasteiger partial charge in [-0.2, -0.15) is 5.10 Å². The molecule has 0 aliphatic rings. The van der Waals surface area contributed by atoms with Gasteiger partial charge in [0.15, 0.2) is 11.5 Å². The molecule has 2 aromatic carbocycles. The van der Waals surface area contributed by atoms with Crippen LogP contribution in [0.15, 0.2) is 59.7 Å². The first-order chi connectivity index (χ1) is 13.5. The summed E-state index contributed by atoms with van der Waals surface area (Å²) in [6.07, 6.45) is 1.50. The van der Waals surface area contributed by atoms with E-state index in [4.69, 9.17) is 4.74 Å². The van der Waals surface area contributed by atoms with Crippen LogP contribution in [-0.2, 0) is 0 Å². The minimum absolute atomic E-state index is 0.0660. The van der Waals surface area contributed by atoms with Gasteiger partial charge in [0.2, 0.25) is 0 Å². The van der Waals surface area contributed by atoms with Crippen molar-refractivity contribution in [2.45, 2.75) is 20.8 Å². The molecule has 3 aromatic rings. The van der Waals surface area contributed by atoms with Gasteiger partial charge in [-0.05, 0) is 80.9 Å². The number of hydrogen-bond acceptors (Lipinski definition) is 4. The van der Waals surface area contributed by atoms with Gasteiger partial charge >= 0.3 is 0 Å². The van der Waals surface area contributed by atoms with Gasteiger partial charge in [0, 0.05) is 22.6 Å². The molecule has 0 aliphatic carbocycles. The summed E-state index contributed by atoms with van der Waals surface area (Å²) < 4.78 is 7.46. The van der Waals surface area contributed by atoms with Crippen molar-refractivity contribution in [1.29, 1.82) is 0 Å². The third-order valence-electron chi connectivity index (χ3n) is 4.32. The van der Waals surface area contributed by atoms with Crippen LogP contribution in [-0.4, -0.2) is 28.4 Å². The Kier molecular flexibility index (Phi) is 5.79. The van der Waals surface area contributed by atoms with E-state index in [2.05, 4.69) is 27.2 Å². The first-order valence-electron chi connectivity index (χ1n) is 9.04. The Bertz CT molecular complexity index is 985. The lowest BCUT2D eigenvalue weighted by atomic mass is 10.2. The van der Waals surface area contributed by atoms with Gasteiger partial charge in [-0.25, -0.2) is 5.43 Å². The predicted molar refractivity (Wildman–Crippen MR) is 110 cm³/mol. The fourth-order valence-electron chi connectivity index (χ4n) is 2.95. The van der Waals surface area contributed by atoms with Crippen molar-refractivity contribution in [3.05, 3.63) is 77.1 Å². The van der Waals surface area contributed by atoms with Crippen LogP contribution >= 0.6 is 0 Å². The quantitative estimate of drug-likeness (QED) is 0.504. The molecule has 0 unspecified atom stereocenters. The lowest BCUT2D eigenvalue weighted by Gasteiger charge is -2.10. The molecular formula is C22H23N3O3. The Morgan fingerprint density at radius 1 is 1.11 bits per heavy atom. The number of benzene rings is 2. The summed E-state index contributed by atoms with van der Waals surface area (Å²) in [5.74, 6) is 0.146. The molecule has 0 saturated heterocycles. The zero-order chi connectivity index (χ0) is 20.1.